The molecule has 3 atom stereocenters. The van der Waals surface area contributed by atoms with E-state index in [0.29, 0.717) is 48.8 Å². The minimum atomic E-state index is -4.62. The van der Waals surface area contributed by atoms with Gasteiger partial charge in [0.25, 0.3) is 0 Å². The highest BCUT2D eigenvalue weighted by atomic mass is 19.4. The minimum Gasteiger partial charge on any atom is -0.349 e. The summed E-state index contributed by atoms with van der Waals surface area (Å²) in [7, 11) is 1.60. The molecule has 0 bridgehead atoms. The van der Waals surface area contributed by atoms with Crippen LogP contribution in [0.1, 0.15) is 56.5 Å². The topological polar surface area (TPSA) is 78.0 Å². The molecule has 0 saturated carbocycles. The van der Waals surface area contributed by atoms with Gasteiger partial charge in [-0.1, -0.05) is 19.9 Å². The molecule has 1 aliphatic rings. The van der Waals surface area contributed by atoms with Gasteiger partial charge in [0, 0.05) is 43.8 Å². The summed E-state index contributed by atoms with van der Waals surface area (Å²) >= 11 is 0. The van der Waals surface area contributed by atoms with Crippen LogP contribution in [0.3, 0.4) is 0 Å². The number of aromatic nitrogens is 3. The summed E-state index contributed by atoms with van der Waals surface area (Å²) in [5.41, 5.74) is -0.0487. The number of benzene rings is 1. The molecule has 3 aromatic rings. The average Bonchev–Trinajstić information content (AvgIpc) is 2.88. The first-order valence-electron chi connectivity index (χ1n) is 12.2. The Morgan fingerprint density at radius 3 is 2.41 bits per heavy atom. The fourth-order valence-corrected chi connectivity index (χ4v) is 5.11. The molecular formula is C26H28F4N6O. The first-order chi connectivity index (χ1) is 17.5. The SMILES string of the molecule is CCC1CN(C(C)c2ccc(C(F)(F)F)cc2F)[C@H](CC)CN1c1nc(=O)n(C)c2ccc(C#N)nc12. The van der Waals surface area contributed by atoms with Crippen LogP contribution in [0.5, 0.6) is 0 Å². The maximum atomic E-state index is 14.8. The molecule has 4 rings (SSSR count). The molecule has 7 nitrogen and oxygen atoms in total. The molecule has 0 aliphatic carbocycles. The van der Waals surface area contributed by atoms with Crippen molar-refractivity contribution < 1.29 is 17.6 Å². The maximum Gasteiger partial charge on any atom is 0.416 e. The molecule has 1 fully saturated rings. The Hall–Kier alpha value is -3.52. The van der Waals surface area contributed by atoms with Crippen LogP contribution in [0, 0.1) is 17.1 Å². The van der Waals surface area contributed by atoms with Gasteiger partial charge >= 0.3 is 11.9 Å². The summed E-state index contributed by atoms with van der Waals surface area (Å²) in [6.45, 7) is 6.70. The van der Waals surface area contributed by atoms with Gasteiger partial charge in [-0.25, -0.2) is 14.2 Å². The molecule has 196 valence electrons. The number of hydrogen-bond acceptors (Lipinski definition) is 6. The molecular weight excluding hydrogens is 488 g/mol. The summed E-state index contributed by atoms with van der Waals surface area (Å²) in [4.78, 5) is 25.6. The molecule has 3 heterocycles. The van der Waals surface area contributed by atoms with Crippen molar-refractivity contribution in [2.45, 2.75) is 57.9 Å². The first-order valence-corrected chi connectivity index (χ1v) is 12.2. The number of fused-ring (bicyclic) bond motifs is 1. The van der Waals surface area contributed by atoms with Gasteiger partial charge in [0.2, 0.25) is 0 Å². The predicted octanol–water partition coefficient (Wildman–Crippen LogP) is 4.80. The smallest absolute Gasteiger partial charge is 0.349 e. The summed E-state index contributed by atoms with van der Waals surface area (Å²) < 4.78 is 55.4. The number of alkyl halides is 3. The van der Waals surface area contributed by atoms with Gasteiger partial charge in [0.1, 0.15) is 23.1 Å². The largest absolute Gasteiger partial charge is 0.416 e. The number of nitrogens with zero attached hydrogens (tertiary/aromatic N) is 6. The molecule has 0 spiro atoms. The molecule has 2 aromatic heterocycles. The van der Waals surface area contributed by atoms with Crippen molar-refractivity contribution >= 4 is 16.9 Å². The van der Waals surface area contributed by atoms with Gasteiger partial charge in [-0.05, 0) is 44.0 Å². The normalized spacial score (nSPS) is 19.7. The van der Waals surface area contributed by atoms with Crippen LogP contribution in [0.4, 0.5) is 23.4 Å². The highest BCUT2D eigenvalue weighted by molar-refractivity contribution is 5.86. The summed E-state index contributed by atoms with van der Waals surface area (Å²) in [5.74, 6) is -0.492. The van der Waals surface area contributed by atoms with Gasteiger partial charge < -0.3 is 4.90 Å². The third kappa shape index (κ3) is 4.90. The van der Waals surface area contributed by atoms with Crippen LogP contribution in [0.2, 0.25) is 0 Å². The quantitative estimate of drug-likeness (QED) is 0.454. The third-order valence-electron chi connectivity index (χ3n) is 7.28. The van der Waals surface area contributed by atoms with E-state index in [4.69, 9.17) is 0 Å². The Kier molecular flexibility index (Phi) is 7.24. The van der Waals surface area contributed by atoms with E-state index in [0.717, 1.165) is 6.07 Å². The van der Waals surface area contributed by atoms with Crippen LogP contribution in [-0.4, -0.2) is 44.6 Å². The number of rotatable bonds is 5. The van der Waals surface area contributed by atoms with Crippen molar-refractivity contribution in [3.8, 4) is 6.07 Å². The van der Waals surface area contributed by atoms with E-state index in [1.54, 1.807) is 26.1 Å². The second kappa shape index (κ2) is 10.1. The molecule has 1 saturated heterocycles. The van der Waals surface area contributed by atoms with Crippen molar-refractivity contribution in [2.75, 3.05) is 18.0 Å². The minimum absolute atomic E-state index is 0.0976. The molecule has 0 N–H and O–H groups in total. The monoisotopic (exact) mass is 516 g/mol. The fraction of sp³-hybridized carbons (Fsp3) is 0.462. The number of aryl methyl sites for hydroxylation is 1. The van der Waals surface area contributed by atoms with Crippen molar-refractivity contribution in [3.63, 3.8) is 0 Å². The van der Waals surface area contributed by atoms with E-state index in [-0.39, 0.29) is 23.3 Å². The zero-order chi connectivity index (χ0) is 27.1. The van der Waals surface area contributed by atoms with Crippen molar-refractivity contribution in [2.24, 2.45) is 7.05 Å². The first kappa shape index (κ1) is 26.5. The summed E-state index contributed by atoms with van der Waals surface area (Å²) in [5, 5.41) is 9.37. The number of piperazine rings is 1. The third-order valence-corrected chi connectivity index (χ3v) is 7.28. The molecule has 37 heavy (non-hydrogen) atoms. The van der Waals surface area contributed by atoms with Gasteiger partial charge in [0.05, 0.1) is 11.1 Å². The van der Waals surface area contributed by atoms with Gasteiger partial charge in [-0.3, -0.25) is 9.47 Å². The molecule has 1 aromatic carbocycles. The van der Waals surface area contributed by atoms with E-state index in [9.17, 15) is 27.6 Å². The number of hydrogen-bond donors (Lipinski definition) is 0. The Labute approximate surface area is 212 Å². The van der Waals surface area contributed by atoms with E-state index in [1.165, 1.54) is 10.6 Å². The summed E-state index contributed by atoms with van der Waals surface area (Å²) in [6, 6.07) is 7.24. The Morgan fingerprint density at radius 2 is 1.81 bits per heavy atom. The Balaban J connectivity index is 1.73. The highest BCUT2D eigenvalue weighted by Gasteiger charge is 2.38. The van der Waals surface area contributed by atoms with Crippen molar-refractivity contribution in [3.05, 3.63) is 63.5 Å². The highest BCUT2D eigenvalue weighted by Crippen LogP contribution is 2.36. The number of halogens is 4. The predicted molar refractivity (Wildman–Crippen MR) is 132 cm³/mol. The zero-order valence-corrected chi connectivity index (χ0v) is 21.1. The second-order valence-corrected chi connectivity index (χ2v) is 9.34. The lowest BCUT2D eigenvalue weighted by Gasteiger charge is -2.49. The van der Waals surface area contributed by atoms with Crippen LogP contribution in [0.25, 0.3) is 11.0 Å². The number of anilines is 1. The van der Waals surface area contributed by atoms with Gasteiger partial charge in [-0.15, -0.1) is 0 Å². The van der Waals surface area contributed by atoms with E-state index >= 15 is 0 Å². The molecule has 0 amide bonds. The lowest BCUT2D eigenvalue weighted by Crippen LogP contribution is -2.59. The molecule has 11 heteroatoms. The Morgan fingerprint density at radius 1 is 1.11 bits per heavy atom. The maximum absolute atomic E-state index is 14.8. The van der Waals surface area contributed by atoms with Gasteiger partial charge in [-0.2, -0.15) is 23.4 Å². The standard InChI is InChI=1S/C26H28F4N6O/c1-5-18-14-36(24-23-22(34(4)25(37)33-24)10-8-17(12-31)32-23)19(6-2)13-35(18)15(3)20-9-7-16(11-21(20)27)26(28,29)30/h7-11,15,18-19H,5-6,13-14H2,1-4H3/t15?,18-,19?/m1/s1. The number of pyridine rings is 1. The van der Waals surface area contributed by atoms with Crippen LogP contribution < -0.4 is 10.6 Å². The second-order valence-electron chi connectivity index (χ2n) is 9.34. The average molecular weight is 517 g/mol. The fourth-order valence-electron chi connectivity index (χ4n) is 5.11. The van der Waals surface area contributed by atoms with E-state index in [1.807, 2.05) is 24.8 Å². The van der Waals surface area contributed by atoms with Gasteiger partial charge in [0.15, 0.2) is 5.82 Å². The lowest BCUT2D eigenvalue weighted by molar-refractivity contribution is -0.137. The lowest BCUT2D eigenvalue weighted by atomic mass is 9.96. The molecule has 2 unspecified atom stereocenters. The van der Waals surface area contributed by atoms with E-state index in [2.05, 4.69) is 14.9 Å². The number of nitriles is 1. The van der Waals surface area contributed by atoms with Crippen molar-refractivity contribution in [1.82, 2.24) is 19.4 Å². The molecule has 1 aliphatic heterocycles. The summed E-state index contributed by atoms with van der Waals surface area (Å²) in [6.07, 6.45) is -3.26. The zero-order valence-electron chi connectivity index (χ0n) is 21.1. The van der Waals surface area contributed by atoms with Crippen LogP contribution >= 0.6 is 0 Å². The molecule has 0 radical (unpaired) electrons. The van der Waals surface area contributed by atoms with E-state index < -0.39 is 29.3 Å². The van der Waals surface area contributed by atoms with Crippen molar-refractivity contribution in [1.29, 1.82) is 5.26 Å². The van der Waals surface area contributed by atoms with Crippen LogP contribution in [-0.2, 0) is 13.2 Å². The van der Waals surface area contributed by atoms with Crippen LogP contribution in [0.15, 0.2) is 35.1 Å². The Bertz CT molecular complexity index is 1410.